The second-order valence-electron chi connectivity index (χ2n) is 6.69. The van der Waals surface area contributed by atoms with Crippen molar-refractivity contribution in [3.8, 4) is 5.69 Å². The lowest BCUT2D eigenvalue weighted by molar-refractivity contribution is 0.104. The van der Waals surface area contributed by atoms with Crippen molar-refractivity contribution in [1.29, 1.82) is 0 Å². The molecule has 4 heteroatoms. The van der Waals surface area contributed by atoms with Crippen molar-refractivity contribution in [2.75, 3.05) is 0 Å². The maximum absolute atomic E-state index is 13.5. The number of hydrogen-bond acceptors (Lipinski definition) is 2. The number of ketones is 1. The van der Waals surface area contributed by atoms with Crippen LogP contribution in [0.15, 0.2) is 95.9 Å². The molecule has 1 aromatic heterocycles. The van der Waals surface area contributed by atoms with Crippen LogP contribution in [0.1, 0.15) is 15.9 Å². The lowest BCUT2D eigenvalue weighted by atomic mass is 9.92. The van der Waals surface area contributed by atoms with Crippen LogP contribution in [-0.4, -0.2) is 15.6 Å². The van der Waals surface area contributed by atoms with Crippen LogP contribution < -0.4 is 5.56 Å². The number of carbonyl (C=O) groups is 1. The first kappa shape index (κ1) is 16.3. The van der Waals surface area contributed by atoms with Gasteiger partial charge in [-0.25, -0.2) is 4.68 Å². The Hall–Kier alpha value is -3.92. The highest BCUT2D eigenvalue weighted by atomic mass is 16.2. The fourth-order valence-electron chi connectivity index (χ4n) is 3.69. The summed E-state index contributed by atoms with van der Waals surface area (Å²) in [4.78, 5) is 26.5. The zero-order chi connectivity index (χ0) is 19.1. The molecule has 0 saturated carbocycles. The normalized spacial score (nSPS) is 11.1. The lowest BCUT2D eigenvalue weighted by Gasteiger charge is -2.09. The predicted octanol–water partition coefficient (Wildman–Crippen LogP) is 4.70. The first-order valence-corrected chi connectivity index (χ1v) is 9.05. The van der Waals surface area contributed by atoms with Crippen LogP contribution in [0.5, 0.6) is 0 Å². The van der Waals surface area contributed by atoms with E-state index in [2.05, 4.69) is 11.2 Å². The van der Waals surface area contributed by atoms with Crippen molar-refractivity contribution in [3.05, 3.63) is 113 Å². The summed E-state index contributed by atoms with van der Waals surface area (Å²) in [5, 5.41) is 6.56. The molecule has 0 aliphatic heterocycles. The molecular weight excluding hydrogens is 348 g/mol. The van der Waals surface area contributed by atoms with Crippen molar-refractivity contribution >= 4 is 27.3 Å². The fraction of sp³-hybridized carbons (Fsp3) is 0. The molecule has 4 nitrogen and oxygen atoms in total. The summed E-state index contributed by atoms with van der Waals surface area (Å²) in [7, 11) is 0. The Balaban J connectivity index is 1.76. The highest BCUT2D eigenvalue weighted by molar-refractivity contribution is 6.24. The van der Waals surface area contributed by atoms with Crippen LogP contribution in [-0.2, 0) is 0 Å². The maximum atomic E-state index is 13.5. The van der Waals surface area contributed by atoms with E-state index in [1.165, 1.54) is 10.9 Å². The topological polar surface area (TPSA) is 54.9 Å². The van der Waals surface area contributed by atoms with Gasteiger partial charge < -0.3 is 0 Å². The monoisotopic (exact) mass is 364 g/mol. The van der Waals surface area contributed by atoms with Crippen LogP contribution >= 0.6 is 0 Å². The Morgan fingerprint density at radius 3 is 1.96 bits per heavy atom. The number of benzene rings is 4. The number of para-hydroxylation sites is 1. The Morgan fingerprint density at radius 1 is 0.750 bits per heavy atom. The highest BCUT2D eigenvalue weighted by Crippen LogP contribution is 2.29. The Morgan fingerprint density at radius 2 is 1.32 bits per heavy atom. The smallest absolute Gasteiger partial charge is 0.282 e. The molecular formula is C24H16N2O2. The molecule has 1 heterocycles. The molecule has 5 rings (SSSR count). The summed E-state index contributed by atoms with van der Waals surface area (Å²) in [5.41, 5.74) is 1.03. The van der Waals surface area contributed by atoms with Gasteiger partial charge in [0.25, 0.3) is 5.56 Å². The molecule has 1 N–H and O–H groups in total. The molecule has 0 aliphatic carbocycles. The number of aromatic amines is 1. The summed E-state index contributed by atoms with van der Waals surface area (Å²) < 4.78 is 1.39. The van der Waals surface area contributed by atoms with Crippen LogP contribution in [0, 0.1) is 0 Å². The molecule has 0 radical (unpaired) electrons. The summed E-state index contributed by atoms with van der Waals surface area (Å²) in [5.74, 6) is -0.274. The Kier molecular flexibility index (Phi) is 3.69. The van der Waals surface area contributed by atoms with E-state index in [0.717, 1.165) is 21.5 Å². The third-order valence-electron chi connectivity index (χ3n) is 5.03. The van der Waals surface area contributed by atoms with Gasteiger partial charge in [0.2, 0.25) is 5.78 Å². The molecule has 0 spiro atoms. The van der Waals surface area contributed by atoms with Gasteiger partial charge in [0.1, 0.15) is 5.56 Å². The van der Waals surface area contributed by atoms with Crippen LogP contribution in [0.3, 0.4) is 0 Å². The molecule has 0 fully saturated rings. The standard InChI is InChI=1S/C24H16N2O2/c27-23(21-15-25-26(24(21)28)18-10-2-1-3-11-18)22-19-12-6-4-8-16(19)14-17-9-5-7-13-20(17)22/h1-15,25H. The summed E-state index contributed by atoms with van der Waals surface area (Å²) in [6.45, 7) is 0. The first-order chi connectivity index (χ1) is 13.7. The molecule has 0 bridgehead atoms. The molecule has 28 heavy (non-hydrogen) atoms. The first-order valence-electron chi connectivity index (χ1n) is 9.05. The SMILES string of the molecule is O=C(c1c[nH]n(-c2ccccc2)c1=O)c1c2ccccc2cc2ccccc12. The van der Waals surface area contributed by atoms with Gasteiger partial charge in [-0.1, -0.05) is 66.7 Å². The van der Waals surface area contributed by atoms with E-state index < -0.39 is 0 Å². The predicted molar refractivity (Wildman–Crippen MR) is 111 cm³/mol. The zero-order valence-electron chi connectivity index (χ0n) is 14.9. The minimum absolute atomic E-state index is 0.130. The molecule has 134 valence electrons. The number of H-pyrrole nitrogens is 1. The van der Waals surface area contributed by atoms with E-state index in [0.29, 0.717) is 11.3 Å². The fourth-order valence-corrected chi connectivity index (χ4v) is 3.69. The van der Waals surface area contributed by atoms with E-state index in [4.69, 9.17) is 0 Å². The number of nitrogens with zero attached hydrogens (tertiary/aromatic N) is 1. The average molecular weight is 364 g/mol. The van der Waals surface area contributed by atoms with Gasteiger partial charge in [0, 0.05) is 11.8 Å². The quantitative estimate of drug-likeness (QED) is 0.373. The average Bonchev–Trinajstić information content (AvgIpc) is 3.13. The van der Waals surface area contributed by atoms with Gasteiger partial charge in [-0.2, -0.15) is 0 Å². The molecule has 0 unspecified atom stereocenters. The molecule has 0 aliphatic rings. The van der Waals surface area contributed by atoms with E-state index >= 15 is 0 Å². The molecule has 0 atom stereocenters. The zero-order valence-corrected chi connectivity index (χ0v) is 14.9. The van der Waals surface area contributed by atoms with E-state index in [1.807, 2.05) is 78.9 Å². The number of carbonyl (C=O) groups excluding carboxylic acids is 1. The second kappa shape index (κ2) is 6.35. The number of aromatic nitrogens is 2. The summed E-state index contributed by atoms with van der Waals surface area (Å²) >= 11 is 0. The Bertz CT molecular complexity index is 1340. The van der Waals surface area contributed by atoms with Crippen molar-refractivity contribution in [3.63, 3.8) is 0 Å². The van der Waals surface area contributed by atoms with Crippen molar-refractivity contribution < 1.29 is 4.79 Å². The summed E-state index contributed by atoms with van der Waals surface area (Å²) in [6, 6.07) is 26.8. The van der Waals surface area contributed by atoms with Crippen LogP contribution in [0.4, 0.5) is 0 Å². The number of fused-ring (bicyclic) bond motifs is 2. The van der Waals surface area contributed by atoms with Crippen molar-refractivity contribution in [1.82, 2.24) is 9.78 Å². The minimum Gasteiger partial charge on any atom is -0.297 e. The maximum Gasteiger partial charge on any atom is 0.282 e. The van der Waals surface area contributed by atoms with Gasteiger partial charge in [0.15, 0.2) is 0 Å². The highest BCUT2D eigenvalue weighted by Gasteiger charge is 2.21. The number of hydrogen-bond donors (Lipinski definition) is 1. The molecule has 5 aromatic rings. The van der Waals surface area contributed by atoms with Gasteiger partial charge in [0.05, 0.1) is 5.69 Å². The van der Waals surface area contributed by atoms with Gasteiger partial charge >= 0.3 is 0 Å². The number of nitrogens with one attached hydrogen (secondary N) is 1. The van der Waals surface area contributed by atoms with E-state index in [9.17, 15) is 9.59 Å². The summed E-state index contributed by atoms with van der Waals surface area (Å²) in [6.07, 6.45) is 1.49. The largest absolute Gasteiger partial charge is 0.297 e. The lowest BCUT2D eigenvalue weighted by Crippen LogP contribution is -2.20. The van der Waals surface area contributed by atoms with Crippen molar-refractivity contribution in [2.45, 2.75) is 0 Å². The molecule has 4 aromatic carbocycles. The molecule has 0 amide bonds. The third-order valence-corrected chi connectivity index (χ3v) is 5.03. The third kappa shape index (κ3) is 2.47. The molecule has 0 saturated heterocycles. The van der Waals surface area contributed by atoms with Gasteiger partial charge in [-0.3, -0.25) is 14.7 Å². The van der Waals surface area contributed by atoms with Gasteiger partial charge in [-0.05, 0) is 39.7 Å². The number of rotatable bonds is 3. The van der Waals surface area contributed by atoms with Gasteiger partial charge in [-0.15, -0.1) is 0 Å². The minimum atomic E-state index is -0.354. The van der Waals surface area contributed by atoms with E-state index in [1.54, 1.807) is 0 Å². The van der Waals surface area contributed by atoms with Crippen LogP contribution in [0.25, 0.3) is 27.2 Å². The second-order valence-corrected chi connectivity index (χ2v) is 6.69. The van der Waals surface area contributed by atoms with E-state index in [-0.39, 0.29) is 16.9 Å². The Labute approximate surface area is 160 Å². The van der Waals surface area contributed by atoms with Crippen LogP contribution in [0.2, 0.25) is 0 Å². The van der Waals surface area contributed by atoms with Crippen molar-refractivity contribution in [2.24, 2.45) is 0 Å².